The predicted octanol–water partition coefficient (Wildman–Crippen LogP) is 0.873. The van der Waals surface area contributed by atoms with Crippen molar-refractivity contribution in [2.24, 2.45) is 0 Å². The molecule has 0 bridgehead atoms. The van der Waals surface area contributed by atoms with E-state index in [0.29, 0.717) is 16.8 Å². The Kier molecular flexibility index (Phi) is 2.44. The van der Waals surface area contributed by atoms with Crippen molar-refractivity contribution in [1.82, 2.24) is 15.3 Å². The van der Waals surface area contributed by atoms with Gasteiger partial charge in [-0.2, -0.15) is 0 Å². The summed E-state index contributed by atoms with van der Waals surface area (Å²) < 4.78 is 0. The Morgan fingerprint density at radius 2 is 2.38 bits per heavy atom. The van der Waals surface area contributed by atoms with Crippen molar-refractivity contribution >= 4 is 11.6 Å². The minimum absolute atomic E-state index is 0.302. The predicted molar refractivity (Wildman–Crippen MR) is 48.2 cm³/mol. The van der Waals surface area contributed by atoms with Crippen LogP contribution in [0.5, 0.6) is 0 Å². The molecule has 1 fully saturated rings. The maximum Gasteiger partial charge on any atom is 0.139 e. The van der Waals surface area contributed by atoms with Gasteiger partial charge in [0.05, 0.1) is 5.56 Å². The molecule has 0 spiro atoms. The minimum atomic E-state index is -0.749. The van der Waals surface area contributed by atoms with Crippen LogP contribution >= 0.6 is 11.6 Å². The summed E-state index contributed by atoms with van der Waals surface area (Å²) in [4.78, 5) is 7.58. The topological polar surface area (TPSA) is 58.0 Å². The molecule has 1 saturated carbocycles. The van der Waals surface area contributed by atoms with Crippen molar-refractivity contribution in [3.05, 3.63) is 23.2 Å². The molecule has 70 valence electrons. The van der Waals surface area contributed by atoms with Gasteiger partial charge in [0.25, 0.3) is 0 Å². The second-order valence-corrected chi connectivity index (χ2v) is 3.47. The van der Waals surface area contributed by atoms with Gasteiger partial charge in [-0.1, -0.05) is 11.6 Å². The third-order valence-corrected chi connectivity index (χ3v) is 2.27. The molecule has 0 saturated heterocycles. The van der Waals surface area contributed by atoms with Crippen molar-refractivity contribution in [2.75, 3.05) is 0 Å². The summed E-state index contributed by atoms with van der Waals surface area (Å²) in [6.45, 7) is 0. The number of nitrogens with zero attached hydrogens (tertiary/aromatic N) is 2. The zero-order chi connectivity index (χ0) is 9.26. The Bertz CT molecular complexity index is 303. The molecular formula is C8H10ClN3O. The van der Waals surface area contributed by atoms with Gasteiger partial charge in [0.1, 0.15) is 17.7 Å². The van der Waals surface area contributed by atoms with Crippen LogP contribution in [-0.2, 0) is 0 Å². The third-order valence-electron chi connectivity index (χ3n) is 1.96. The molecule has 0 amide bonds. The van der Waals surface area contributed by atoms with E-state index >= 15 is 0 Å². The summed E-state index contributed by atoms with van der Waals surface area (Å²) >= 11 is 5.77. The van der Waals surface area contributed by atoms with Crippen LogP contribution in [0.15, 0.2) is 12.5 Å². The molecule has 1 unspecified atom stereocenters. The molecule has 2 N–H and O–H groups in total. The quantitative estimate of drug-likeness (QED) is 0.561. The number of rotatable bonds is 3. The summed E-state index contributed by atoms with van der Waals surface area (Å²) in [5, 5.41) is 12.9. The number of halogens is 1. The lowest BCUT2D eigenvalue weighted by atomic mass is 10.3. The first-order chi connectivity index (χ1) is 6.27. The first-order valence-corrected chi connectivity index (χ1v) is 4.54. The van der Waals surface area contributed by atoms with Crippen LogP contribution in [-0.4, -0.2) is 21.1 Å². The van der Waals surface area contributed by atoms with Gasteiger partial charge >= 0.3 is 0 Å². The molecule has 1 aliphatic carbocycles. The van der Waals surface area contributed by atoms with E-state index in [-0.39, 0.29) is 0 Å². The first kappa shape index (κ1) is 8.87. The van der Waals surface area contributed by atoms with E-state index in [2.05, 4.69) is 15.3 Å². The van der Waals surface area contributed by atoms with Gasteiger partial charge in [-0.3, -0.25) is 5.32 Å². The van der Waals surface area contributed by atoms with Gasteiger partial charge in [0.15, 0.2) is 0 Å². The van der Waals surface area contributed by atoms with Crippen molar-refractivity contribution in [1.29, 1.82) is 0 Å². The van der Waals surface area contributed by atoms with E-state index in [1.54, 1.807) is 0 Å². The molecule has 1 aromatic rings. The van der Waals surface area contributed by atoms with Gasteiger partial charge in [-0.05, 0) is 12.8 Å². The number of hydrogen-bond acceptors (Lipinski definition) is 4. The summed E-state index contributed by atoms with van der Waals surface area (Å²) in [6.07, 6.45) is 4.36. The summed E-state index contributed by atoms with van der Waals surface area (Å²) in [5.41, 5.74) is 0.538. The number of aliphatic hydroxyl groups is 1. The molecule has 13 heavy (non-hydrogen) atoms. The van der Waals surface area contributed by atoms with E-state index in [4.69, 9.17) is 11.6 Å². The Labute approximate surface area is 81.0 Å². The first-order valence-electron chi connectivity index (χ1n) is 4.17. The Hall–Kier alpha value is -0.710. The lowest BCUT2D eigenvalue weighted by Crippen LogP contribution is -2.23. The molecule has 1 heterocycles. The van der Waals surface area contributed by atoms with Crippen LogP contribution in [0.4, 0.5) is 0 Å². The zero-order valence-corrected chi connectivity index (χ0v) is 7.70. The smallest absolute Gasteiger partial charge is 0.139 e. The van der Waals surface area contributed by atoms with E-state index in [1.807, 2.05) is 0 Å². The lowest BCUT2D eigenvalue weighted by Gasteiger charge is -2.12. The molecule has 1 atom stereocenters. The highest BCUT2D eigenvalue weighted by Gasteiger charge is 2.25. The summed E-state index contributed by atoms with van der Waals surface area (Å²) in [7, 11) is 0. The largest absolute Gasteiger partial charge is 0.374 e. The highest BCUT2D eigenvalue weighted by molar-refractivity contribution is 6.30. The van der Waals surface area contributed by atoms with Crippen LogP contribution in [0.25, 0.3) is 0 Å². The zero-order valence-electron chi connectivity index (χ0n) is 6.94. The van der Waals surface area contributed by atoms with E-state index in [9.17, 15) is 5.11 Å². The Morgan fingerprint density at radius 1 is 1.62 bits per heavy atom. The van der Waals surface area contributed by atoms with Crippen LogP contribution in [0.3, 0.4) is 0 Å². The third kappa shape index (κ3) is 2.15. The fourth-order valence-electron chi connectivity index (χ4n) is 1.07. The maximum absolute atomic E-state index is 9.64. The van der Waals surface area contributed by atoms with Crippen molar-refractivity contribution in [2.45, 2.75) is 25.1 Å². The monoisotopic (exact) mass is 199 g/mol. The van der Waals surface area contributed by atoms with Crippen LogP contribution in [0, 0.1) is 0 Å². The van der Waals surface area contributed by atoms with Gasteiger partial charge in [-0.15, -0.1) is 0 Å². The standard InChI is InChI=1S/C8H10ClN3O/c9-7-6(3-10-4-11-7)8(13)12-5-1-2-5/h3-5,8,12-13H,1-2H2. The van der Waals surface area contributed by atoms with Crippen molar-refractivity contribution in [3.63, 3.8) is 0 Å². The second-order valence-electron chi connectivity index (χ2n) is 3.11. The van der Waals surface area contributed by atoms with Crippen molar-refractivity contribution < 1.29 is 5.11 Å². The number of nitrogens with one attached hydrogen (secondary N) is 1. The molecule has 0 radical (unpaired) electrons. The van der Waals surface area contributed by atoms with E-state index < -0.39 is 6.23 Å². The maximum atomic E-state index is 9.64. The molecule has 0 aromatic carbocycles. The van der Waals surface area contributed by atoms with Crippen molar-refractivity contribution in [3.8, 4) is 0 Å². The molecular weight excluding hydrogens is 190 g/mol. The van der Waals surface area contributed by atoms with Gasteiger partial charge < -0.3 is 5.11 Å². The number of aromatic nitrogens is 2. The fourth-order valence-corrected chi connectivity index (χ4v) is 1.27. The lowest BCUT2D eigenvalue weighted by molar-refractivity contribution is 0.136. The molecule has 5 heteroatoms. The second kappa shape index (κ2) is 3.57. The van der Waals surface area contributed by atoms with Gasteiger partial charge in [0, 0.05) is 12.2 Å². The minimum Gasteiger partial charge on any atom is -0.374 e. The SMILES string of the molecule is OC(NC1CC1)c1cncnc1Cl. The fraction of sp³-hybridized carbons (Fsp3) is 0.500. The normalized spacial score (nSPS) is 18.6. The molecule has 0 aliphatic heterocycles. The highest BCUT2D eigenvalue weighted by atomic mass is 35.5. The van der Waals surface area contributed by atoms with Crippen LogP contribution < -0.4 is 5.32 Å². The average molecular weight is 200 g/mol. The van der Waals surface area contributed by atoms with Gasteiger partial charge in [-0.25, -0.2) is 9.97 Å². The summed E-state index contributed by atoms with van der Waals surface area (Å²) in [5.74, 6) is 0. The molecule has 2 rings (SSSR count). The van der Waals surface area contributed by atoms with Crippen LogP contribution in [0.2, 0.25) is 5.15 Å². The van der Waals surface area contributed by atoms with Gasteiger partial charge in [0.2, 0.25) is 0 Å². The highest BCUT2D eigenvalue weighted by Crippen LogP contribution is 2.24. The molecule has 1 aliphatic rings. The molecule has 1 aromatic heterocycles. The average Bonchev–Trinajstić information content (AvgIpc) is 2.89. The Balaban J connectivity index is 2.09. The van der Waals surface area contributed by atoms with Crippen LogP contribution in [0.1, 0.15) is 24.6 Å². The van der Waals surface area contributed by atoms with E-state index in [1.165, 1.54) is 12.5 Å². The molecule has 4 nitrogen and oxygen atoms in total. The number of aliphatic hydroxyl groups excluding tert-OH is 1. The number of hydrogen-bond donors (Lipinski definition) is 2. The Morgan fingerprint density at radius 3 is 3.00 bits per heavy atom. The van der Waals surface area contributed by atoms with E-state index in [0.717, 1.165) is 12.8 Å². The summed E-state index contributed by atoms with van der Waals surface area (Å²) in [6, 6.07) is 0.422.